The van der Waals surface area contributed by atoms with Crippen LogP contribution in [0.5, 0.6) is 0 Å². The normalized spacial score (nSPS) is 14.5. The highest BCUT2D eigenvalue weighted by Crippen LogP contribution is 2.18. The molecule has 0 saturated carbocycles. The van der Waals surface area contributed by atoms with E-state index in [0.717, 1.165) is 29.5 Å². The predicted octanol–water partition coefficient (Wildman–Crippen LogP) is 3.15. The van der Waals surface area contributed by atoms with Crippen LogP contribution in [0.3, 0.4) is 0 Å². The maximum atomic E-state index is 11.3. The van der Waals surface area contributed by atoms with E-state index >= 15 is 0 Å². The standard InChI is InChI=1S/C13H20ClNOS/c1-3-13(15-9-10-17(16)4-2)11-5-7-12(14)8-6-11/h5-8,13,15H,3-4,9-10H2,1-2H3. The van der Waals surface area contributed by atoms with Gasteiger partial charge in [-0.15, -0.1) is 0 Å². The van der Waals surface area contributed by atoms with Gasteiger partial charge in [0.15, 0.2) is 0 Å². The van der Waals surface area contributed by atoms with Crippen molar-refractivity contribution in [3.8, 4) is 0 Å². The number of benzene rings is 1. The van der Waals surface area contributed by atoms with E-state index in [0.29, 0.717) is 6.04 Å². The van der Waals surface area contributed by atoms with Crippen LogP contribution in [0, 0.1) is 0 Å². The van der Waals surface area contributed by atoms with Gasteiger partial charge < -0.3 is 5.32 Å². The van der Waals surface area contributed by atoms with Crippen LogP contribution in [0.15, 0.2) is 24.3 Å². The van der Waals surface area contributed by atoms with Crippen molar-refractivity contribution in [1.29, 1.82) is 0 Å². The third-order valence-electron chi connectivity index (χ3n) is 2.72. The fourth-order valence-corrected chi connectivity index (χ4v) is 2.44. The molecular weight excluding hydrogens is 254 g/mol. The summed E-state index contributed by atoms with van der Waals surface area (Å²) in [6.45, 7) is 4.89. The van der Waals surface area contributed by atoms with E-state index in [-0.39, 0.29) is 0 Å². The lowest BCUT2D eigenvalue weighted by Gasteiger charge is -2.17. The number of hydrogen-bond acceptors (Lipinski definition) is 2. The minimum atomic E-state index is -0.689. The minimum absolute atomic E-state index is 0.320. The number of nitrogens with one attached hydrogen (secondary N) is 1. The first-order chi connectivity index (χ1) is 8.17. The van der Waals surface area contributed by atoms with E-state index in [1.807, 2.05) is 31.2 Å². The van der Waals surface area contributed by atoms with Gasteiger partial charge in [0.2, 0.25) is 0 Å². The highest BCUT2D eigenvalue weighted by atomic mass is 35.5. The van der Waals surface area contributed by atoms with Crippen LogP contribution < -0.4 is 5.32 Å². The predicted molar refractivity (Wildman–Crippen MR) is 76.0 cm³/mol. The van der Waals surface area contributed by atoms with Crippen LogP contribution in [-0.2, 0) is 10.8 Å². The van der Waals surface area contributed by atoms with Crippen molar-refractivity contribution >= 4 is 22.4 Å². The second kappa shape index (κ2) is 7.85. The first-order valence-electron chi connectivity index (χ1n) is 6.01. The molecular formula is C13H20ClNOS. The summed E-state index contributed by atoms with van der Waals surface area (Å²) in [6, 6.07) is 8.22. The summed E-state index contributed by atoms with van der Waals surface area (Å²) in [7, 11) is -0.689. The molecule has 0 aliphatic rings. The van der Waals surface area contributed by atoms with Gasteiger partial charge in [0.1, 0.15) is 0 Å². The molecule has 1 aromatic rings. The monoisotopic (exact) mass is 273 g/mol. The van der Waals surface area contributed by atoms with Gasteiger partial charge in [0.05, 0.1) is 0 Å². The highest BCUT2D eigenvalue weighted by Gasteiger charge is 2.08. The van der Waals surface area contributed by atoms with Crippen LogP contribution in [0.25, 0.3) is 0 Å². The lowest BCUT2D eigenvalue weighted by atomic mass is 10.1. The Morgan fingerprint density at radius 3 is 2.47 bits per heavy atom. The lowest BCUT2D eigenvalue weighted by Crippen LogP contribution is -2.25. The van der Waals surface area contributed by atoms with Crippen LogP contribution in [0.1, 0.15) is 31.9 Å². The molecule has 96 valence electrons. The summed E-state index contributed by atoms with van der Waals surface area (Å²) in [5, 5.41) is 4.19. The Hall–Kier alpha value is -0.380. The van der Waals surface area contributed by atoms with E-state index < -0.39 is 10.8 Å². The molecule has 1 aromatic carbocycles. The van der Waals surface area contributed by atoms with Crippen molar-refractivity contribution in [2.24, 2.45) is 0 Å². The number of halogens is 1. The molecule has 2 nitrogen and oxygen atoms in total. The van der Waals surface area contributed by atoms with E-state index in [4.69, 9.17) is 11.6 Å². The van der Waals surface area contributed by atoms with Crippen molar-refractivity contribution in [1.82, 2.24) is 5.32 Å². The Bertz CT molecular complexity index is 353. The average Bonchev–Trinajstić information content (AvgIpc) is 2.35. The molecule has 17 heavy (non-hydrogen) atoms. The first kappa shape index (κ1) is 14.7. The number of rotatable bonds is 7. The van der Waals surface area contributed by atoms with Gasteiger partial charge in [-0.1, -0.05) is 37.6 Å². The van der Waals surface area contributed by atoms with Gasteiger partial charge in [-0.2, -0.15) is 0 Å². The molecule has 2 unspecified atom stereocenters. The lowest BCUT2D eigenvalue weighted by molar-refractivity contribution is 0.538. The third-order valence-corrected chi connectivity index (χ3v) is 4.28. The van der Waals surface area contributed by atoms with Gasteiger partial charge in [-0.25, -0.2) is 0 Å². The molecule has 0 bridgehead atoms. The van der Waals surface area contributed by atoms with Crippen molar-refractivity contribution < 1.29 is 4.21 Å². The van der Waals surface area contributed by atoms with Gasteiger partial charge in [0.25, 0.3) is 0 Å². The Balaban J connectivity index is 2.48. The second-order valence-corrected chi connectivity index (χ2v) is 6.20. The topological polar surface area (TPSA) is 29.1 Å². The first-order valence-corrected chi connectivity index (χ1v) is 7.87. The average molecular weight is 274 g/mol. The Morgan fingerprint density at radius 1 is 1.29 bits per heavy atom. The van der Waals surface area contributed by atoms with E-state index in [1.54, 1.807) is 0 Å². The summed E-state index contributed by atoms with van der Waals surface area (Å²) in [5.74, 6) is 1.46. The van der Waals surface area contributed by atoms with Crippen LogP contribution >= 0.6 is 11.6 Å². The Kier molecular flexibility index (Phi) is 6.78. The smallest absolute Gasteiger partial charge is 0.0406 e. The molecule has 4 heteroatoms. The highest BCUT2D eigenvalue weighted by molar-refractivity contribution is 7.84. The van der Waals surface area contributed by atoms with Crippen LogP contribution in [0.2, 0.25) is 5.02 Å². The summed E-state index contributed by atoms with van der Waals surface area (Å²) in [4.78, 5) is 0. The van der Waals surface area contributed by atoms with Crippen LogP contribution in [-0.4, -0.2) is 22.3 Å². The Labute approximate surface area is 111 Å². The second-order valence-electron chi connectivity index (χ2n) is 3.90. The van der Waals surface area contributed by atoms with Gasteiger partial charge in [-0.05, 0) is 24.1 Å². The third kappa shape index (κ3) is 5.19. The van der Waals surface area contributed by atoms with Crippen LogP contribution in [0.4, 0.5) is 0 Å². The molecule has 1 rings (SSSR count). The molecule has 0 aromatic heterocycles. The summed E-state index contributed by atoms with van der Waals surface area (Å²) in [5.41, 5.74) is 1.24. The Morgan fingerprint density at radius 2 is 1.94 bits per heavy atom. The SMILES string of the molecule is CCC(NCCS(=O)CC)c1ccc(Cl)cc1. The molecule has 0 saturated heterocycles. The van der Waals surface area contributed by atoms with E-state index in [9.17, 15) is 4.21 Å². The summed E-state index contributed by atoms with van der Waals surface area (Å²) in [6.07, 6.45) is 1.01. The fourth-order valence-electron chi connectivity index (χ4n) is 1.68. The number of hydrogen-bond donors (Lipinski definition) is 1. The molecule has 0 heterocycles. The maximum Gasteiger partial charge on any atom is 0.0406 e. The quantitative estimate of drug-likeness (QED) is 0.827. The molecule has 0 amide bonds. The zero-order valence-electron chi connectivity index (χ0n) is 10.4. The molecule has 2 atom stereocenters. The minimum Gasteiger partial charge on any atom is -0.309 e. The van der Waals surface area contributed by atoms with E-state index in [1.165, 1.54) is 5.56 Å². The zero-order chi connectivity index (χ0) is 12.7. The van der Waals surface area contributed by atoms with Gasteiger partial charge >= 0.3 is 0 Å². The van der Waals surface area contributed by atoms with Crippen molar-refractivity contribution in [2.45, 2.75) is 26.3 Å². The molecule has 0 aliphatic heterocycles. The van der Waals surface area contributed by atoms with Crippen molar-refractivity contribution in [3.63, 3.8) is 0 Å². The molecule has 0 aliphatic carbocycles. The fraction of sp³-hybridized carbons (Fsp3) is 0.538. The largest absolute Gasteiger partial charge is 0.309 e. The van der Waals surface area contributed by atoms with Gasteiger partial charge in [-0.3, -0.25) is 4.21 Å². The molecule has 0 radical (unpaired) electrons. The molecule has 0 fully saturated rings. The zero-order valence-corrected chi connectivity index (χ0v) is 12.0. The van der Waals surface area contributed by atoms with Crippen molar-refractivity contribution in [2.75, 3.05) is 18.1 Å². The van der Waals surface area contributed by atoms with Crippen molar-refractivity contribution in [3.05, 3.63) is 34.9 Å². The van der Waals surface area contributed by atoms with E-state index in [2.05, 4.69) is 12.2 Å². The summed E-state index contributed by atoms with van der Waals surface area (Å²) < 4.78 is 11.3. The molecule has 1 N–H and O–H groups in total. The summed E-state index contributed by atoms with van der Waals surface area (Å²) >= 11 is 5.86. The van der Waals surface area contributed by atoms with Gasteiger partial charge in [0, 0.05) is 39.9 Å². The molecule has 0 spiro atoms. The maximum absolute atomic E-state index is 11.3.